The van der Waals surface area contributed by atoms with Gasteiger partial charge in [0.05, 0.1) is 0 Å². The molecule has 1 fully saturated rings. The largest absolute Gasteiger partial charge is 0.316 e. The van der Waals surface area contributed by atoms with Crippen LogP contribution in [-0.2, 0) is 0 Å². The molecule has 0 aliphatic carbocycles. The average molecular weight is 137 g/mol. The van der Waals surface area contributed by atoms with E-state index in [0.29, 0.717) is 0 Å². The van der Waals surface area contributed by atoms with Crippen LogP contribution in [0, 0.1) is 18.3 Å². The molecular weight excluding hydrogens is 122 g/mol. The number of piperidine rings is 1. The highest BCUT2D eigenvalue weighted by Gasteiger charge is 2.10. The van der Waals surface area contributed by atoms with E-state index in [1.165, 1.54) is 32.4 Å². The minimum Gasteiger partial charge on any atom is -0.316 e. The molecule has 0 spiro atoms. The number of nitrogens with one attached hydrogen (secondary N) is 1. The van der Waals surface area contributed by atoms with Gasteiger partial charge in [0, 0.05) is 6.42 Å². The van der Waals surface area contributed by atoms with Gasteiger partial charge in [0.15, 0.2) is 0 Å². The zero-order valence-corrected chi connectivity index (χ0v) is 6.40. The molecule has 1 rings (SSSR count). The molecule has 0 radical (unpaired) electrons. The van der Waals surface area contributed by atoms with Crippen LogP contribution in [0.1, 0.15) is 25.7 Å². The summed E-state index contributed by atoms with van der Waals surface area (Å²) in [4.78, 5) is 0. The van der Waals surface area contributed by atoms with E-state index < -0.39 is 0 Å². The maximum Gasteiger partial charge on any atom is 0.00891 e. The van der Waals surface area contributed by atoms with Crippen LogP contribution in [0.4, 0.5) is 0 Å². The predicted molar refractivity (Wildman–Crippen MR) is 43.7 cm³/mol. The van der Waals surface area contributed by atoms with Gasteiger partial charge in [-0.1, -0.05) is 0 Å². The van der Waals surface area contributed by atoms with E-state index in [1.54, 1.807) is 0 Å². The molecular formula is C9H15N. The lowest BCUT2D eigenvalue weighted by molar-refractivity contribution is 0.361. The normalized spacial score (nSPS) is 25.7. The first-order valence-corrected chi connectivity index (χ1v) is 4.07. The van der Waals surface area contributed by atoms with E-state index in [0.717, 1.165) is 12.3 Å². The summed E-state index contributed by atoms with van der Waals surface area (Å²) in [7, 11) is 0. The molecule has 1 atom stereocenters. The Bertz CT molecular complexity index is 117. The molecule has 1 aliphatic rings. The quantitative estimate of drug-likeness (QED) is 0.567. The number of rotatable bonds is 2. The lowest BCUT2D eigenvalue weighted by Gasteiger charge is -2.21. The third-order valence-corrected chi connectivity index (χ3v) is 2.10. The first kappa shape index (κ1) is 7.63. The van der Waals surface area contributed by atoms with Gasteiger partial charge in [-0.3, -0.25) is 0 Å². The second-order valence-corrected chi connectivity index (χ2v) is 2.96. The Labute approximate surface area is 63.2 Å². The third kappa shape index (κ3) is 2.41. The Morgan fingerprint density at radius 2 is 2.50 bits per heavy atom. The maximum atomic E-state index is 5.18. The summed E-state index contributed by atoms with van der Waals surface area (Å²) >= 11 is 0. The van der Waals surface area contributed by atoms with Gasteiger partial charge >= 0.3 is 0 Å². The molecule has 1 heterocycles. The van der Waals surface area contributed by atoms with Crippen molar-refractivity contribution in [2.24, 2.45) is 5.92 Å². The fourth-order valence-corrected chi connectivity index (χ4v) is 1.46. The summed E-state index contributed by atoms with van der Waals surface area (Å²) in [6.07, 6.45) is 10.0. The van der Waals surface area contributed by atoms with E-state index in [1.807, 2.05) is 0 Å². The summed E-state index contributed by atoms with van der Waals surface area (Å²) in [5.41, 5.74) is 0. The highest BCUT2D eigenvalue weighted by molar-refractivity contribution is 4.85. The molecule has 0 bridgehead atoms. The van der Waals surface area contributed by atoms with Gasteiger partial charge in [-0.05, 0) is 38.3 Å². The second-order valence-electron chi connectivity index (χ2n) is 2.96. The van der Waals surface area contributed by atoms with Crippen LogP contribution < -0.4 is 5.32 Å². The van der Waals surface area contributed by atoms with Crippen LogP contribution in [0.15, 0.2) is 0 Å². The van der Waals surface area contributed by atoms with Gasteiger partial charge in [0.1, 0.15) is 0 Å². The molecule has 1 unspecified atom stereocenters. The lowest BCUT2D eigenvalue weighted by atomic mass is 9.95. The fraction of sp³-hybridized carbons (Fsp3) is 0.778. The van der Waals surface area contributed by atoms with E-state index in [9.17, 15) is 0 Å². The fourth-order valence-electron chi connectivity index (χ4n) is 1.46. The van der Waals surface area contributed by atoms with E-state index in [4.69, 9.17) is 6.42 Å². The van der Waals surface area contributed by atoms with Crippen LogP contribution in [0.5, 0.6) is 0 Å². The molecule has 1 saturated heterocycles. The van der Waals surface area contributed by atoms with Crippen LogP contribution in [0.25, 0.3) is 0 Å². The first-order valence-electron chi connectivity index (χ1n) is 4.07. The van der Waals surface area contributed by atoms with Crippen LogP contribution >= 0.6 is 0 Å². The molecule has 0 aromatic carbocycles. The van der Waals surface area contributed by atoms with Gasteiger partial charge < -0.3 is 5.32 Å². The van der Waals surface area contributed by atoms with Crippen molar-refractivity contribution in [2.45, 2.75) is 25.7 Å². The van der Waals surface area contributed by atoms with Gasteiger partial charge in [-0.2, -0.15) is 0 Å². The molecule has 56 valence electrons. The van der Waals surface area contributed by atoms with E-state index >= 15 is 0 Å². The van der Waals surface area contributed by atoms with Gasteiger partial charge in [-0.15, -0.1) is 12.3 Å². The summed E-state index contributed by atoms with van der Waals surface area (Å²) < 4.78 is 0. The topological polar surface area (TPSA) is 12.0 Å². The molecule has 10 heavy (non-hydrogen) atoms. The maximum absolute atomic E-state index is 5.18. The molecule has 1 nitrogen and oxygen atoms in total. The highest BCUT2D eigenvalue weighted by atomic mass is 14.9. The number of hydrogen-bond donors (Lipinski definition) is 1. The molecule has 0 aromatic heterocycles. The highest BCUT2D eigenvalue weighted by Crippen LogP contribution is 2.14. The summed E-state index contributed by atoms with van der Waals surface area (Å²) in [6.45, 7) is 2.38. The zero-order chi connectivity index (χ0) is 7.23. The minimum absolute atomic E-state index is 0.852. The smallest absolute Gasteiger partial charge is 0.00891 e. The molecule has 1 heteroatoms. The molecule has 1 N–H and O–H groups in total. The van der Waals surface area contributed by atoms with Gasteiger partial charge in [0.25, 0.3) is 0 Å². The monoisotopic (exact) mass is 137 g/mol. The SMILES string of the molecule is C#CCCC1CCCNC1. The minimum atomic E-state index is 0.852. The number of hydrogen-bond acceptors (Lipinski definition) is 1. The van der Waals surface area contributed by atoms with Crippen molar-refractivity contribution in [3.8, 4) is 12.3 Å². The van der Waals surface area contributed by atoms with Crippen molar-refractivity contribution in [3.05, 3.63) is 0 Å². The average Bonchev–Trinajstić information content (AvgIpc) is 2.03. The zero-order valence-electron chi connectivity index (χ0n) is 6.40. The Kier molecular flexibility index (Phi) is 3.32. The predicted octanol–water partition coefficient (Wildman–Crippen LogP) is 1.40. The molecule has 0 aromatic rings. The van der Waals surface area contributed by atoms with Gasteiger partial charge in [-0.25, -0.2) is 0 Å². The third-order valence-electron chi connectivity index (χ3n) is 2.10. The molecule has 1 aliphatic heterocycles. The van der Waals surface area contributed by atoms with Gasteiger partial charge in [0.2, 0.25) is 0 Å². The van der Waals surface area contributed by atoms with Crippen molar-refractivity contribution in [1.82, 2.24) is 5.32 Å². The Morgan fingerprint density at radius 1 is 1.60 bits per heavy atom. The first-order chi connectivity index (χ1) is 4.93. The van der Waals surface area contributed by atoms with Crippen molar-refractivity contribution in [2.75, 3.05) is 13.1 Å². The van der Waals surface area contributed by atoms with E-state index in [2.05, 4.69) is 11.2 Å². The standard InChI is InChI=1S/C9H15N/c1-2-3-5-9-6-4-7-10-8-9/h1,9-10H,3-8H2. The van der Waals surface area contributed by atoms with Crippen molar-refractivity contribution in [3.63, 3.8) is 0 Å². The van der Waals surface area contributed by atoms with Crippen molar-refractivity contribution < 1.29 is 0 Å². The van der Waals surface area contributed by atoms with Crippen molar-refractivity contribution in [1.29, 1.82) is 0 Å². The second kappa shape index (κ2) is 4.35. The van der Waals surface area contributed by atoms with Crippen LogP contribution in [0.2, 0.25) is 0 Å². The summed E-state index contributed by atoms with van der Waals surface area (Å²) in [5.74, 6) is 3.54. The van der Waals surface area contributed by atoms with E-state index in [-0.39, 0.29) is 0 Å². The Morgan fingerprint density at radius 3 is 3.10 bits per heavy atom. The summed E-state index contributed by atoms with van der Waals surface area (Å²) in [5, 5.41) is 3.38. The molecule has 0 amide bonds. The van der Waals surface area contributed by atoms with Crippen LogP contribution in [-0.4, -0.2) is 13.1 Å². The van der Waals surface area contributed by atoms with Crippen LogP contribution in [0.3, 0.4) is 0 Å². The Hall–Kier alpha value is -0.480. The number of terminal acetylenes is 1. The van der Waals surface area contributed by atoms with Crippen molar-refractivity contribution >= 4 is 0 Å². The molecule has 0 saturated carbocycles. The summed E-state index contributed by atoms with van der Waals surface area (Å²) in [6, 6.07) is 0. The Balaban J connectivity index is 2.09. The lowest BCUT2D eigenvalue weighted by Crippen LogP contribution is -2.29.